The summed E-state index contributed by atoms with van der Waals surface area (Å²) in [5, 5.41) is 0. The number of carbonyl (C=O) groups excluding carboxylic acids is 2. The lowest BCUT2D eigenvalue weighted by Gasteiger charge is -2.15. The molecule has 17 heavy (non-hydrogen) atoms. The second-order valence-corrected chi connectivity index (χ2v) is 4.07. The average Bonchev–Trinajstić information content (AvgIpc) is 2.68. The number of hydrogen-bond donors (Lipinski definition) is 0. The lowest BCUT2D eigenvalue weighted by molar-refractivity contribution is -0.139. The summed E-state index contributed by atoms with van der Waals surface area (Å²) in [5.74, 6) is -0.224. The van der Waals surface area contributed by atoms with Crippen molar-refractivity contribution in [2.24, 2.45) is 0 Å². The fourth-order valence-electron chi connectivity index (χ4n) is 1.46. The monoisotopic (exact) mass is 241 g/mol. The molecule has 0 radical (unpaired) electrons. The highest BCUT2D eigenvalue weighted by molar-refractivity contribution is 5.86. The molecule has 5 heteroatoms. The third-order valence-corrected chi connectivity index (χ3v) is 2.43. The van der Waals surface area contributed by atoms with Crippen molar-refractivity contribution in [3.63, 3.8) is 0 Å². The van der Waals surface area contributed by atoms with Crippen LogP contribution < -0.4 is 0 Å². The predicted octanol–water partition coefficient (Wildman–Crippen LogP) is 1.09. The molecule has 1 fully saturated rings. The highest BCUT2D eigenvalue weighted by Crippen LogP contribution is 2.08. The smallest absolute Gasteiger partial charge is 0.333 e. The van der Waals surface area contributed by atoms with Crippen molar-refractivity contribution < 1.29 is 19.1 Å². The lowest BCUT2D eigenvalue weighted by Crippen LogP contribution is -2.27. The van der Waals surface area contributed by atoms with E-state index >= 15 is 0 Å². The summed E-state index contributed by atoms with van der Waals surface area (Å²) in [6.07, 6.45) is 2.17. The van der Waals surface area contributed by atoms with Crippen molar-refractivity contribution in [2.75, 3.05) is 26.5 Å². The number of likely N-dealkylation sites (tertiary alicyclic amines) is 1. The molecule has 1 saturated heterocycles. The Hall–Kier alpha value is -1.36. The molecule has 1 aliphatic rings. The Morgan fingerprint density at radius 1 is 1.47 bits per heavy atom. The molecular weight excluding hydrogens is 222 g/mol. The van der Waals surface area contributed by atoms with E-state index in [2.05, 4.69) is 6.58 Å². The number of esters is 1. The van der Waals surface area contributed by atoms with Gasteiger partial charge in [0, 0.05) is 25.0 Å². The van der Waals surface area contributed by atoms with E-state index in [1.807, 2.05) is 0 Å². The second kappa shape index (κ2) is 7.06. The van der Waals surface area contributed by atoms with Gasteiger partial charge in [0.2, 0.25) is 5.91 Å². The van der Waals surface area contributed by atoms with Crippen LogP contribution >= 0.6 is 0 Å². The first-order chi connectivity index (χ1) is 8.11. The van der Waals surface area contributed by atoms with Crippen LogP contribution in [0, 0.1) is 0 Å². The molecule has 0 aliphatic carbocycles. The van der Waals surface area contributed by atoms with E-state index in [4.69, 9.17) is 9.47 Å². The third kappa shape index (κ3) is 4.99. The molecule has 0 N–H and O–H groups in total. The van der Waals surface area contributed by atoms with Gasteiger partial charge in [0.25, 0.3) is 0 Å². The molecule has 1 rings (SSSR count). The zero-order valence-corrected chi connectivity index (χ0v) is 10.2. The summed E-state index contributed by atoms with van der Waals surface area (Å²) < 4.78 is 10.2. The molecule has 0 aromatic heterocycles. The topological polar surface area (TPSA) is 55.8 Å². The minimum Gasteiger partial charge on any atom is -0.462 e. The van der Waals surface area contributed by atoms with Gasteiger partial charge in [-0.05, 0) is 13.3 Å². The largest absolute Gasteiger partial charge is 0.462 e. The summed E-state index contributed by atoms with van der Waals surface area (Å²) >= 11 is 0. The molecule has 0 aromatic carbocycles. The summed E-state index contributed by atoms with van der Waals surface area (Å²) in [7, 11) is 0. The average molecular weight is 241 g/mol. The lowest BCUT2D eigenvalue weighted by atomic mass is 10.4. The predicted molar refractivity (Wildman–Crippen MR) is 62.2 cm³/mol. The van der Waals surface area contributed by atoms with Crippen molar-refractivity contribution in [3.05, 3.63) is 12.2 Å². The number of rotatable bonds is 7. The zero-order chi connectivity index (χ0) is 12.7. The van der Waals surface area contributed by atoms with Gasteiger partial charge in [-0.1, -0.05) is 6.58 Å². The fourth-order valence-corrected chi connectivity index (χ4v) is 1.46. The van der Waals surface area contributed by atoms with Crippen LogP contribution in [0.3, 0.4) is 0 Å². The highest BCUT2D eigenvalue weighted by Gasteiger charge is 2.19. The van der Waals surface area contributed by atoms with Crippen LogP contribution in [-0.2, 0) is 19.1 Å². The van der Waals surface area contributed by atoms with Crippen molar-refractivity contribution in [1.82, 2.24) is 4.90 Å². The van der Waals surface area contributed by atoms with Crippen LogP contribution in [0.25, 0.3) is 0 Å². The Morgan fingerprint density at radius 3 is 2.82 bits per heavy atom. The van der Waals surface area contributed by atoms with Crippen LogP contribution in [-0.4, -0.2) is 43.3 Å². The van der Waals surface area contributed by atoms with E-state index in [0.29, 0.717) is 38.4 Å². The normalized spacial score (nSPS) is 15.1. The first kappa shape index (κ1) is 13.7. The molecule has 0 unspecified atom stereocenters. The van der Waals surface area contributed by atoms with Crippen LogP contribution in [0.5, 0.6) is 0 Å². The summed E-state index contributed by atoms with van der Waals surface area (Å²) in [6, 6.07) is 0. The van der Waals surface area contributed by atoms with Crippen LogP contribution in [0.1, 0.15) is 26.2 Å². The van der Waals surface area contributed by atoms with Gasteiger partial charge in [-0.2, -0.15) is 0 Å². The van der Waals surface area contributed by atoms with Gasteiger partial charge in [-0.3, -0.25) is 4.79 Å². The molecule has 0 spiro atoms. The Kier molecular flexibility index (Phi) is 5.69. The van der Waals surface area contributed by atoms with Crippen LogP contribution in [0.15, 0.2) is 12.2 Å². The summed E-state index contributed by atoms with van der Waals surface area (Å²) in [5.41, 5.74) is 0.397. The number of hydrogen-bond acceptors (Lipinski definition) is 4. The summed E-state index contributed by atoms with van der Waals surface area (Å²) in [4.78, 5) is 23.9. The Bertz CT molecular complexity index is 301. The molecule has 1 aliphatic heterocycles. The quantitative estimate of drug-likeness (QED) is 0.380. The molecule has 0 bridgehead atoms. The van der Waals surface area contributed by atoms with Gasteiger partial charge in [-0.15, -0.1) is 0 Å². The molecule has 0 aromatic rings. The number of amides is 1. The molecule has 5 nitrogen and oxygen atoms in total. The fraction of sp³-hybridized carbons (Fsp3) is 0.667. The number of ether oxygens (including phenoxy) is 2. The third-order valence-electron chi connectivity index (χ3n) is 2.43. The SMILES string of the molecule is C=C(C)C(=O)OCCCOCN1CCCC1=O. The van der Waals surface area contributed by atoms with Gasteiger partial charge >= 0.3 is 5.97 Å². The van der Waals surface area contributed by atoms with Crippen LogP contribution in [0.4, 0.5) is 0 Å². The first-order valence-electron chi connectivity index (χ1n) is 5.79. The maximum atomic E-state index is 11.2. The van der Waals surface area contributed by atoms with Gasteiger partial charge < -0.3 is 14.4 Å². The first-order valence-corrected chi connectivity index (χ1v) is 5.79. The van der Waals surface area contributed by atoms with Crippen LogP contribution in [0.2, 0.25) is 0 Å². The minimum atomic E-state index is -0.375. The van der Waals surface area contributed by atoms with E-state index in [1.165, 1.54) is 0 Å². The second-order valence-electron chi connectivity index (χ2n) is 4.07. The highest BCUT2D eigenvalue weighted by atomic mass is 16.5. The standard InChI is InChI=1S/C12H19NO4/c1-10(2)12(15)17-8-4-7-16-9-13-6-3-5-11(13)14/h1,3-9H2,2H3. The van der Waals surface area contributed by atoms with E-state index in [-0.39, 0.29) is 11.9 Å². The Morgan fingerprint density at radius 2 is 2.24 bits per heavy atom. The molecule has 96 valence electrons. The number of carbonyl (C=O) groups is 2. The van der Waals surface area contributed by atoms with Gasteiger partial charge in [0.15, 0.2) is 0 Å². The van der Waals surface area contributed by atoms with Gasteiger partial charge in [-0.25, -0.2) is 4.79 Å². The van der Waals surface area contributed by atoms with Crippen molar-refractivity contribution in [3.8, 4) is 0 Å². The van der Waals surface area contributed by atoms with Gasteiger partial charge in [0.05, 0.1) is 13.2 Å². The number of nitrogens with zero attached hydrogens (tertiary/aromatic N) is 1. The van der Waals surface area contributed by atoms with E-state index in [9.17, 15) is 9.59 Å². The van der Waals surface area contributed by atoms with Crippen molar-refractivity contribution in [2.45, 2.75) is 26.2 Å². The van der Waals surface area contributed by atoms with Gasteiger partial charge in [0.1, 0.15) is 6.73 Å². The maximum absolute atomic E-state index is 11.2. The Labute approximate surface area is 101 Å². The Balaban J connectivity index is 1.96. The molecule has 1 heterocycles. The van der Waals surface area contributed by atoms with Crippen molar-refractivity contribution >= 4 is 11.9 Å². The molecular formula is C12H19NO4. The van der Waals surface area contributed by atoms with E-state index < -0.39 is 0 Å². The molecule has 0 saturated carbocycles. The maximum Gasteiger partial charge on any atom is 0.333 e. The minimum absolute atomic E-state index is 0.152. The van der Waals surface area contributed by atoms with E-state index in [0.717, 1.165) is 13.0 Å². The zero-order valence-electron chi connectivity index (χ0n) is 10.2. The molecule has 1 amide bonds. The van der Waals surface area contributed by atoms with E-state index in [1.54, 1.807) is 11.8 Å². The van der Waals surface area contributed by atoms with Crippen molar-refractivity contribution in [1.29, 1.82) is 0 Å². The molecule has 0 atom stereocenters. The summed E-state index contributed by atoms with van der Waals surface area (Å²) in [6.45, 7) is 7.01.